The maximum absolute atomic E-state index is 12.1. The molecule has 4 rings (SSSR count). The molecule has 0 bridgehead atoms. The fourth-order valence-corrected chi connectivity index (χ4v) is 3.83. The number of carbonyl (C=O) groups excluding carboxylic acids is 1. The van der Waals surface area contributed by atoms with Crippen molar-refractivity contribution in [2.24, 2.45) is 4.99 Å². The van der Waals surface area contributed by atoms with Gasteiger partial charge in [0.25, 0.3) is 5.95 Å². The predicted molar refractivity (Wildman–Crippen MR) is 127 cm³/mol. The zero-order valence-corrected chi connectivity index (χ0v) is 20.2. The first kappa shape index (κ1) is 26.8. The highest BCUT2D eigenvalue weighted by atomic mass is 16.6. The highest BCUT2D eigenvalue weighted by Crippen LogP contribution is 2.33. The third kappa shape index (κ3) is 4.84. The van der Waals surface area contributed by atoms with E-state index in [2.05, 4.69) is 25.0 Å². The monoisotopic (exact) mass is 531 g/mol. The molecule has 4 atom stereocenters. The highest BCUT2D eigenvalue weighted by molar-refractivity contribution is 6.19. The van der Waals surface area contributed by atoms with Crippen LogP contribution in [0.15, 0.2) is 35.5 Å². The van der Waals surface area contributed by atoms with Gasteiger partial charge in [-0.1, -0.05) is 6.92 Å². The molecule has 3 aromatic rings. The van der Waals surface area contributed by atoms with Gasteiger partial charge in [0.05, 0.1) is 43.3 Å². The lowest BCUT2D eigenvalue weighted by Gasteiger charge is -2.16. The van der Waals surface area contributed by atoms with Crippen LogP contribution in [0.4, 0.5) is 5.82 Å². The average molecular weight is 531 g/mol. The number of carbonyl (C=O) groups is 2. The molecule has 1 aliphatic heterocycles. The number of esters is 1. The Hall–Kier alpha value is -4.25. The van der Waals surface area contributed by atoms with Crippen molar-refractivity contribution >= 4 is 34.6 Å². The number of fused-ring (bicyclic) bond motifs is 1. The second kappa shape index (κ2) is 11.0. The number of aliphatic hydroxyl groups excluding tert-OH is 4. The first-order valence-corrected chi connectivity index (χ1v) is 11.5. The van der Waals surface area contributed by atoms with E-state index in [0.717, 1.165) is 4.68 Å². The molecule has 1 aliphatic rings. The lowest BCUT2D eigenvalue weighted by molar-refractivity contribution is -0.132. The zero-order chi connectivity index (χ0) is 27.6. The van der Waals surface area contributed by atoms with Gasteiger partial charge < -0.3 is 35.0 Å². The van der Waals surface area contributed by atoms with Gasteiger partial charge in [-0.3, -0.25) is 4.57 Å². The maximum atomic E-state index is 12.1. The van der Waals surface area contributed by atoms with Crippen LogP contribution in [0.25, 0.3) is 17.1 Å². The standard InChI is InChI=1S/C22H25N7O9/c1-3-12(11(7-30)20(34)35)25-17-14-18(28(9-23-14)19-16(33)15(32)13(8-31)38-19)27-22(26-17)29-6-10(5-24-29)21(36)37-4-2/h5-7,9,13,15-16,19,30-33H,3-4,8H2,1-2H3,(H,34,35)/t13-,15-,16+,19-/m1/s1. The molecule has 1 saturated heterocycles. The van der Waals surface area contributed by atoms with Gasteiger partial charge in [-0.05, 0) is 13.3 Å². The van der Waals surface area contributed by atoms with Gasteiger partial charge in [0.2, 0.25) is 0 Å². The second-order valence-corrected chi connectivity index (χ2v) is 8.05. The quantitative estimate of drug-likeness (QED) is 0.104. The van der Waals surface area contributed by atoms with Crippen LogP contribution in [0.5, 0.6) is 0 Å². The molecule has 202 valence electrons. The predicted octanol–water partition coefficient (Wildman–Crippen LogP) is -0.191. The summed E-state index contributed by atoms with van der Waals surface area (Å²) >= 11 is 0. The molecule has 5 N–H and O–H groups in total. The number of hydrogen-bond donors (Lipinski definition) is 5. The van der Waals surface area contributed by atoms with Gasteiger partial charge in [-0.2, -0.15) is 15.1 Å². The van der Waals surface area contributed by atoms with Crippen LogP contribution in [-0.2, 0) is 14.3 Å². The van der Waals surface area contributed by atoms with Crippen LogP contribution < -0.4 is 0 Å². The number of carboxylic acid groups (broad SMARTS) is 1. The van der Waals surface area contributed by atoms with E-state index in [1.807, 2.05) is 0 Å². The Morgan fingerprint density at radius 3 is 2.61 bits per heavy atom. The van der Waals surface area contributed by atoms with E-state index in [0.29, 0.717) is 6.26 Å². The Balaban J connectivity index is 1.91. The number of rotatable bonds is 9. The Morgan fingerprint density at radius 1 is 1.24 bits per heavy atom. The van der Waals surface area contributed by atoms with E-state index in [9.17, 15) is 35.1 Å². The number of ether oxygens (including phenoxy) is 2. The number of hydrogen-bond acceptors (Lipinski definition) is 13. The number of imidazole rings is 1. The summed E-state index contributed by atoms with van der Waals surface area (Å²) in [7, 11) is 0. The summed E-state index contributed by atoms with van der Waals surface area (Å²) in [6.07, 6.45) is -0.771. The lowest BCUT2D eigenvalue weighted by atomic mass is 10.1. The van der Waals surface area contributed by atoms with Crippen molar-refractivity contribution in [3.63, 3.8) is 0 Å². The molecule has 0 amide bonds. The van der Waals surface area contributed by atoms with Crippen molar-refractivity contribution in [3.05, 3.63) is 36.1 Å². The molecule has 16 nitrogen and oxygen atoms in total. The van der Waals surface area contributed by atoms with E-state index in [-0.39, 0.29) is 47.2 Å². The minimum Gasteiger partial charge on any atom is -0.515 e. The third-order valence-corrected chi connectivity index (χ3v) is 5.73. The van der Waals surface area contributed by atoms with E-state index in [1.54, 1.807) is 13.8 Å². The summed E-state index contributed by atoms with van der Waals surface area (Å²) in [5, 5.41) is 53.2. The number of aliphatic carboxylic acids is 1. The van der Waals surface area contributed by atoms with E-state index in [1.165, 1.54) is 23.3 Å². The van der Waals surface area contributed by atoms with Crippen LogP contribution in [0.2, 0.25) is 0 Å². The topological polar surface area (TPSA) is 228 Å². The Kier molecular flexibility index (Phi) is 7.77. The van der Waals surface area contributed by atoms with Crippen LogP contribution in [0, 0.1) is 0 Å². The molecule has 0 aromatic carbocycles. The van der Waals surface area contributed by atoms with Crippen LogP contribution in [-0.4, -0.2) is 104 Å². The SMILES string of the molecule is CCOC(=O)c1cnn(-c2nc(N=C(CC)C(=CO)C(=O)O)c3ncn([C@@H]4O[C@H](CO)[C@@H](O)[C@@H]4O)c3n2)c1. The largest absolute Gasteiger partial charge is 0.515 e. The molecule has 4 heterocycles. The molecular formula is C22H25N7O9. The van der Waals surface area contributed by atoms with Crippen LogP contribution in [0.1, 0.15) is 36.9 Å². The Bertz CT molecular complexity index is 1410. The van der Waals surface area contributed by atoms with Crippen LogP contribution in [0.3, 0.4) is 0 Å². The molecule has 3 aromatic heterocycles. The summed E-state index contributed by atoms with van der Waals surface area (Å²) in [6, 6.07) is 0. The molecule has 1 fully saturated rings. The van der Waals surface area contributed by atoms with Gasteiger partial charge in [0, 0.05) is 6.20 Å². The minimum absolute atomic E-state index is 0.0268. The first-order valence-electron chi connectivity index (χ1n) is 11.5. The third-order valence-electron chi connectivity index (χ3n) is 5.73. The van der Waals surface area contributed by atoms with Crippen molar-refractivity contribution in [3.8, 4) is 5.95 Å². The normalized spacial score (nSPS) is 22.2. The molecule has 0 radical (unpaired) electrons. The maximum Gasteiger partial charge on any atom is 0.341 e. The zero-order valence-electron chi connectivity index (χ0n) is 20.2. The number of aliphatic imine (C=N–C) groups is 1. The van der Waals surface area contributed by atoms with Gasteiger partial charge in [-0.15, -0.1) is 0 Å². The first-order chi connectivity index (χ1) is 18.2. The van der Waals surface area contributed by atoms with E-state index in [4.69, 9.17) is 9.47 Å². The van der Waals surface area contributed by atoms with Crippen molar-refractivity contribution in [1.29, 1.82) is 0 Å². The second-order valence-electron chi connectivity index (χ2n) is 8.05. The Labute approximate surface area is 214 Å². The van der Waals surface area contributed by atoms with Gasteiger partial charge in [0.15, 0.2) is 23.2 Å². The summed E-state index contributed by atoms with van der Waals surface area (Å²) in [5.41, 5.74) is -0.258. The molecule has 0 spiro atoms. The summed E-state index contributed by atoms with van der Waals surface area (Å²) in [5.74, 6) is -2.26. The van der Waals surface area contributed by atoms with Gasteiger partial charge in [-0.25, -0.2) is 24.2 Å². The lowest BCUT2D eigenvalue weighted by Crippen LogP contribution is -2.33. The highest BCUT2D eigenvalue weighted by Gasteiger charge is 2.44. The number of aromatic nitrogens is 6. The van der Waals surface area contributed by atoms with Crippen molar-refractivity contribution in [2.75, 3.05) is 13.2 Å². The molecule has 16 heteroatoms. The summed E-state index contributed by atoms with van der Waals surface area (Å²) in [6.45, 7) is 2.88. The van der Waals surface area contributed by atoms with Crippen molar-refractivity contribution in [1.82, 2.24) is 29.3 Å². The summed E-state index contributed by atoms with van der Waals surface area (Å²) < 4.78 is 13.0. The van der Waals surface area contributed by atoms with Crippen LogP contribution >= 0.6 is 0 Å². The van der Waals surface area contributed by atoms with Gasteiger partial charge in [0.1, 0.15) is 23.9 Å². The smallest absolute Gasteiger partial charge is 0.341 e. The molecule has 0 saturated carbocycles. The Morgan fingerprint density at radius 2 is 2.00 bits per heavy atom. The molecule has 0 unspecified atom stereocenters. The molecule has 0 aliphatic carbocycles. The van der Waals surface area contributed by atoms with Gasteiger partial charge >= 0.3 is 11.9 Å². The fourth-order valence-electron chi connectivity index (χ4n) is 3.83. The number of carboxylic acids is 1. The average Bonchev–Trinajstić information content (AvgIpc) is 3.62. The molecular weight excluding hydrogens is 506 g/mol. The van der Waals surface area contributed by atoms with E-state index >= 15 is 0 Å². The van der Waals surface area contributed by atoms with Crippen molar-refractivity contribution < 1.29 is 44.6 Å². The number of nitrogens with zero attached hydrogens (tertiary/aromatic N) is 7. The minimum atomic E-state index is -1.45. The number of aliphatic hydroxyl groups is 4. The van der Waals surface area contributed by atoms with E-state index < -0.39 is 48.7 Å². The fraction of sp³-hybridized carbons (Fsp3) is 0.409. The summed E-state index contributed by atoms with van der Waals surface area (Å²) in [4.78, 5) is 41.0. The van der Waals surface area contributed by atoms with Crippen molar-refractivity contribution in [2.45, 2.75) is 44.8 Å². The molecule has 38 heavy (non-hydrogen) atoms.